The van der Waals surface area contributed by atoms with Crippen LogP contribution in [0.15, 0.2) is 17.1 Å². The van der Waals surface area contributed by atoms with E-state index in [9.17, 15) is 4.79 Å². The zero-order chi connectivity index (χ0) is 11.8. The van der Waals surface area contributed by atoms with E-state index in [0.29, 0.717) is 11.6 Å². The van der Waals surface area contributed by atoms with E-state index in [4.69, 9.17) is 0 Å². The molecule has 1 saturated carbocycles. The van der Waals surface area contributed by atoms with Crippen molar-refractivity contribution >= 4 is 11.0 Å². The Labute approximate surface area is 99.1 Å². The molecule has 0 spiro atoms. The van der Waals surface area contributed by atoms with Crippen LogP contribution in [0.5, 0.6) is 0 Å². The molecule has 0 radical (unpaired) electrons. The molecule has 3 rings (SSSR count). The maximum atomic E-state index is 11.4. The normalized spacial score (nSPS) is 16.8. The lowest BCUT2D eigenvalue weighted by Gasteiger charge is -2.08. The Morgan fingerprint density at radius 1 is 1.35 bits per heavy atom. The van der Waals surface area contributed by atoms with Gasteiger partial charge in [0.05, 0.1) is 0 Å². The lowest BCUT2D eigenvalue weighted by atomic mass is 10.1. The number of nitrogens with one attached hydrogen (secondary N) is 1. The zero-order valence-electron chi connectivity index (χ0n) is 9.86. The smallest absolute Gasteiger partial charge is 0.249 e. The van der Waals surface area contributed by atoms with Gasteiger partial charge >= 0.3 is 0 Å². The fourth-order valence-electron chi connectivity index (χ4n) is 2.59. The topological polar surface area (TPSA) is 58.6 Å². The van der Waals surface area contributed by atoms with E-state index >= 15 is 0 Å². The molecule has 1 aliphatic carbocycles. The van der Waals surface area contributed by atoms with Gasteiger partial charge in [-0.3, -0.25) is 4.79 Å². The van der Waals surface area contributed by atoms with Gasteiger partial charge < -0.3 is 4.98 Å². The number of fused-ring (bicyclic) bond motifs is 1. The van der Waals surface area contributed by atoms with E-state index < -0.39 is 0 Å². The summed E-state index contributed by atoms with van der Waals surface area (Å²) in [5, 5.41) is 0.936. The van der Waals surface area contributed by atoms with Crippen LogP contribution >= 0.6 is 0 Å². The van der Waals surface area contributed by atoms with Gasteiger partial charge in [-0.1, -0.05) is 12.8 Å². The zero-order valence-corrected chi connectivity index (χ0v) is 9.86. The van der Waals surface area contributed by atoms with Crippen molar-refractivity contribution < 1.29 is 0 Å². The molecule has 0 aliphatic heterocycles. The summed E-state index contributed by atoms with van der Waals surface area (Å²) in [7, 11) is 0. The van der Waals surface area contributed by atoms with E-state index in [0.717, 1.165) is 16.8 Å². The van der Waals surface area contributed by atoms with Crippen LogP contribution in [0, 0.1) is 6.92 Å². The molecule has 17 heavy (non-hydrogen) atoms. The van der Waals surface area contributed by atoms with Crippen LogP contribution in [-0.4, -0.2) is 15.0 Å². The molecule has 0 unspecified atom stereocenters. The average molecular weight is 229 g/mol. The van der Waals surface area contributed by atoms with E-state index in [1.54, 1.807) is 6.07 Å². The van der Waals surface area contributed by atoms with Gasteiger partial charge in [-0.2, -0.15) is 0 Å². The summed E-state index contributed by atoms with van der Waals surface area (Å²) in [6.07, 6.45) is 6.69. The van der Waals surface area contributed by atoms with Crippen molar-refractivity contribution in [3.05, 3.63) is 34.0 Å². The number of aromatic amines is 1. The molecule has 2 heterocycles. The number of aromatic nitrogens is 3. The molecule has 2 aromatic heterocycles. The number of nitrogens with zero attached hydrogens (tertiary/aromatic N) is 2. The molecular weight excluding hydrogens is 214 g/mol. The fraction of sp³-hybridized carbons (Fsp3) is 0.462. The molecule has 0 saturated heterocycles. The van der Waals surface area contributed by atoms with Gasteiger partial charge in [-0.15, -0.1) is 0 Å². The maximum Gasteiger partial charge on any atom is 0.249 e. The first-order valence-corrected chi connectivity index (χ1v) is 6.10. The summed E-state index contributed by atoms with van der Waals surface area (Å²) in [6.45, 7) is 1.91. The van der Waals surface area contributed by atoms with E-state index in [-0.39, 0.29) is 5.56 Å². The fourth-order valence-corrected chi connectivity index (χ4v) is 2.59. The van der Waals surface area contributed by atoms with Crippen LogP contribution in [-0.2, 0) is 0 Å². The SMILES string of the molecule is Cc1cc(=O)[nH]c2nc(C3CCCC3)ncc12. The third-order valence-electron chi connectivity index (χ3n) is 3.54. The van der Waals surface area contributed by atoms with Crippen molar-refractivity contribution in [1.82, 2.24) is 15.0 Å². The third-order valence-corrected chi connectivity index (χ3v) is 3.54. The van der Waals surface area contributed by atoms with Gasteiger partial charge in [-0.05, 0) is 25.3 Å². The molecule has 4 nitrogen and oxygen atoms in total. The van der Waals surface area contributed by atoms with E-state index in [2.05, 4.69) is 15.0 Å². The van der Waals surface area contributed by atoms with E-state index in [1.807, 2.05) is 13.1 Å². The number of pyridine rings is 1. The van der Waals surface area contributed by atoms with Crippen molar-refractivity contribution in [2.24, 2.45) is 0 Å². The monoisotopic (exact) mass is 229 g/mol. The second-order valence-electron chi connectivity index (χ2n) is 4.79. The summed E-state index contributed by atoms with van der Waals surface area (Å²) in [5.74, 6) is 1.36. The summed E-state index contributed by atoms with van der Waals surface area (Å²) in [4.78, 5) is 23.2. The van der Waals surface area contributed by atoms with Gasteiger partial charge in [0.1, 0.15) is 11.5 Å². The number of hydrogen-bond acceptors (Lipinski definition) is 3. The average Bonchev–Trinajstić information content (AvgIpc) is 2.81. The van der Waals surface area contributed by atoms with Gasteiger partial charge in [-0.25, -0.2) is 9.97 Å². The van der Waals surface area contributed by atoms with Gasteiger partial charge in [0.25, 0.3) is 0 Å². The van der Waals surface area contributed by atoms with Gasteiger partial charge in [0, 0.05) is 23.6 Å². The van der Waals surface area contributed by atoms with Gasteiger partial charge in [0.15, 0.2) is 0 Å². The Balaban J connectivity index is 2.14. The predicted octanol–water partition coefficient (Wildman–Crippen LogP) is 2.28. The van der Waals surface area contributed by atoms with Crippen molar-refractivity contribution in [2.75, 3.05) is 0 Å². The highest BCUT2D eigenvalue weighted by Crippen LogP contribution is 2.32. The number of rotatable bonds is 1. The first kappa shape index (κ1) is 10.4. The van der Waals surface area contributed by atoms with Crippen LogP contribution in [0.1, 0.15) is 43.0 Å². The summed E-state index contributed by atoms with van der Waals surface area (Å²) in [5.41, 5.74) is 1.51. The van der Waals surface area contributed by atoms with Crippen molar-refractivity contribution in [3.63, 3.8) is 0 Å². The maximum absolute atomic E-state index is 11.4. The highest BCUT2D eigenvalue weighted by molar-refractivity contribution is 5.77. The molecule has 1 aliphatic rings. The van der Waals surface area contributed by atoms with Crippen LogP contribution < -0.4 is 5.56 Å². The van der Waals surface area contributed by atoms with Crippen LogP contribution in [0.3, 0.4) is 0 Å². The standard InChI is InChI=1S/C13H15N3O/c1-8-6-11(17)15-13-10(8)7-14-12(16-13)9-4-2-3-5-9/h6-7,9H,2-5H2,1H3,(H,14,15,16,17). The van der Waals surface area contributed by atoms with Crippen LogP contribution in [0.2, 0.25) is 0 Å². The van der Waals surface area contributed by atoms with Crippen LogP contribution in [0.25, 0.3) is 11.0 Å². The quantitative estimate of drug-likeness (QED) is 0.816. The molecular formula is C13H15N3O. The largest absolute Gasteiger partial charge is 0.306 e. The first-order chi connectivity index (χ1) is 8.24. The second-order valence-corrected chi connectivity index (χ2v) is 4.79. The minimum Gasteiger partial charge on any atom is -0.306 e. The predicted molar refractivity (Wildman–Crippen MR) is 66.1 cm³/mol. The first-order valence-electron chi connectivity index (χ1n) is 6.10. The van der Waals surface area contributed by atoms with Crippen LogP contribution in [0.4, 0.5) is 0 Å². The lowest BCUT2D eigenvalue weighted by molar-refractivity contribution is 0.671. The molecule has 1 N–H and O–H groups in total. The highest BCUT2D eigenvalue weighted by atomic mass is 16.1. The van der Waals surface area contributed by atoms with Crippen molar-refractivity contribution in [2.45, 2.75) is 38.5 Å². The Hall–Kier alpha value is -1.71. The minimum absolute atomic E-state index is 0.0916. The summed E-state index contributed by atoms with van der Waals surface area (Å²) in [6, 6.07) is 1.58. The van der Waals surface area contributed by atoms with E-state index in [1.165, 1.54) is 25.7 Å². The Bertz CT molecular complexity index is 612. The Morgan fingerprint density at radius 2 is 2.12 bits per heavy atom. The number of H-pyrrole nitrogens is 1. The Morgan fingerprint density at radius 3 is 2.88 bits per heavy atom. The second kappa shape index (κ2) is 3.95. The summed E-state index contributed by atoms with van der Waals surface area (Å²) < 4.78 is 0. The number of hydrogen-bond donors (Lipinski definition) is 1. The molecule has 0 amide bonds. The van der Waals surface area contributed by atoms with Crippen molar-refractivity contribution in [1.29, 1.82) is 0 Å². The molecule has 88 valence electrons. The molecule has 0 bridgehead atoms. The van der Waals surface area contributed by atoms with Gasteiger partial charge in [0.2, 0.25) is 5.56 Å². The molecule has 4 heteroatoms. The molecule has 2 aromatic rings. The molecule has 0 atom stereocenters. The van der Waals surface area contributed by atoms with Crippen molar-refractivity contribution in [3.8, 4) is 0 Å². The highest BCUT2D eigenvalue weighted by Gasteiger charge is 2.20. The molecule has 0 aromatic carbocycles. The lowest BCUT2D eigenvalue weighted by Crippen LogP contribution is -2.09. The number of aryl methyl sites for hydroxylation is 1. The third kappa shape index (κ3) is 1.84. The Kier molecular flexibility index (Phi) is 2.42. The summed E-state index contributed by atoms with van der Waals surface area (Å²) >= 11 is 0. The molecule has 1 fully saturated rings. The minimum atomic E-state index is -0.0916.